The molecule has 1 fully saturated rings. The van der Waals surface area contributed by atoms with E-state index < -0.39 is 43.4 Å². The van der Waals surface area contributed by atoms with Gasteiger partial charge in [0, 0.05) is 0 Å². The van der Waals surface area contributed by atoms with Crippen molar-refractivity contribution in [2.24, 2.45) is 0 Å². The fraction of sp³-hybridized carbons (Fsp3) is 1.00. The number of ether oxygens (including phenoxy) is 1. The molecule has 1 aliphatic rings. The Balaban J connectivity index is 2.70. The summed E-state index contributed by atoms with van der Waals surface area (Å²) in [5.41, 5.74) is 0. The van der Waals surface area contributed by atoms with Crippen LogP contribution in [0, 0.1) is 0 Å². The molecule has 84 valence electrons. The van der Waals surface area contributed by atoms with Gasteiger partial charge in [-0.05, 0) is 0 Å². The van der Waals surface area contributed by atoms with Crippen molar-refractivity contribution >= 4 is 0 Å². The molecule has 0 spiro atoms. The molecule has 14 heavy (non-hydrogen) atoms. The Morgan fingerprint density at radius 1 is 1.00 bits per heavy atom. The highest BCUT2D eigenvalue weighted by atomic mass is 16.6. The third-order valence-corrected chi connectivity index (χ3v) is 2.19. The Labute approximate surface area is 79.8 Å². The van der Waals surface area contributed by atoms with Crippen molar-refractivity contribution in [3.8, 4) is 0 Å². The van der Waals surface area contributed by atoms with Crippen LogP contribution in [-0.2, 0) is 4.74 Å². The fourth-order valence-corrected chi connectivity index (χ4v) is 1.31. The summed E-state index contributed by atoms with van der Waals surface area (Å²) in [4.78, 5) is 0. The first-order valence-corrected chi connectivity index (χ1v) is 4.15. The topological polar surface area (TPSA) is 131 Å². The van der Waals surface area contributed by atoms with Crippen LogP contribution in [0.15, 0.2) is 0 Å². The van der Waals surface area contributed by atoms with Crippen molar-refractivity contribution in [2.75, 3.05) is 6.61 Å². The van der Waals surface area contributed by atoms with Gasteiger partial charge in [0.2, 0.25) is 0 Å². The van der Waals surface area contributed by atoms with Gasteiger partial charge in [0.05, 0.1) is 6.61 Å². The minimum atomic E-state index is -1.69. The molecule has 0 amide bonds. The van der Waals surface area contributed by atoms with E-state index in [1.165, 1.54) is 0 Å². The van der Waals surface area contributed by atoms with Gasteiger partial charge in [0.25, 0.3) is 0 Å². The van der Waals surface area contributed by atoms with Gasteiger partial charge in [0.1, 0.15) is 30.5 Å². The molecule has 0 aromatic heterocycles. The average molecular weight is 210 g/mol. The highest BCUT2D eigenvalue weighted by molar-refractivity contribution is 4.91. The Morgan fingerprint density at radius 2 is 1.57 bits per heavy atom. The van der Waals surface area contributed by atoms with E-state index in [4.69, 9.17) is 20.4 Å². The van der Waals surface area contributed by atoms with Crippen LogP contribution in [0.5, 0.6) is 0 Å². The van der Waals surface area contributed by atoms with E-state index in [0.29, 0.717) is 0 Å². The molecular weight excluding hydrogens is 196 g/mol. The molecule has 0 radical (unpaired) electrons. The highest BCUT2D eigenvalue weighted by Crippen LogP contribution is 2.21. The van der Waals surface area contributed by atoms with E-state index in [1.807, 2.05) is 0 Å². The number of aliphatic hydroxyl groups is 6. The molecule has 0 aromatic rings. The normalized spacial score (nSPS) is 46.3. The average Bonchev–Trinajstić information content (AvgIpc) is 2.19. The molecule has 1 heterocycles. The first-order chi connectivity index (χ1) is 6.49. The molecule has 6 atom stereocenters. The van der Waals surface area contributed by atoms with Crippen molar-refractivity contribution in [2.45, 2.75) is 36.8 Å². The van der Waals surface area contributed by atoms with Gasteiger partial charge in [-0.25, -0.2) is 0 Å². The fourth-order valence-electron chi connectivity index (χ4n) is 1.31. The lowest BCUT2D eigenvalue weighted by Crippen LogP contribution is -2.61. The maximum Gasteiger partial charge on any atom is 0.184 e. The second-order valence-electron chi connectivity index (χ2n) is 3.21. The Kier molecular flexibility index (Phi) is 3.78. The van der Waals surface area contributed by atoms with Crippen LogP contribution < -0.4 is 0 Å². The van der Waals surface area contributed by atoms with Crippen molar-refractivity contribution in [3.05, 3.63) is 0 Å². The van der Waals surface area contributed by atoms with Crippen LogP contribution in [-0.4, -0.2) is 74.1 Å². The maximum absolute atomic E-state index is 9.31. The summed E-state index contributed by atoms with van der Waals surface area (Å²) in [6, 6.07) is 0. The second-order valence-corrected chi connectivity index (χ2v) is 3.21. The highest BCUT2D eigenvalue weighted by Gasteiger charge is 2.45. The zero-order valence-corrected chi connectivity index (χ0v) is 7.26. The lowest BCUT2D eigenvalue weighted by Gasteiger charge is -2.39. The molecule has 0 aromatic carbocycles. The minimum absolute atomic E-state index is 0.683. The second kappa shape index (κ2) is 4.49. The molecule has 0 bridgehead atoms. The molecule has 0 aliphatic carbocycles. The molecule has 2 unspecified atom stereocenters. The predicted molar refractivity (Wildman–Crippen MR) is 42.0 cm³/mol. The largest absolute Gasteiger partial charge is 0.394 e. The number of hydrogen-bond donors (Lipinski definition) is 6. The quantitative estimate of drug-likeness (QED) is 0.275. The Hall–Kier alpha value is -0.280. The predicted octanol–water partition coefficient (Wildman–Crippen LogP) is -3.86. The van der Waals surface area contributed by atoms with E-state index in [9.17, 15) is 10.2 Å². The monoisotopic (exact) mass is 210 g/mol. The lowest BCUT2D eigenvalue weighted by atomic mass is 9.96. The van der Waals surface area contributed by atoms with E-state index >= 15 is 0 Å². The molecule has 6 N–H and O–H groups in total. The molecule has 1 saturated heterocycles. The van der Waals surface area contributed by atoms with Gasteiger partial charge in [-0.15, -0.1) is 0 Å². The smallest absolute Gasteiger partial charge is 0.184 e. The van der Waals surface area contributed by atoms with Crippen LogP contribution >= 0.6 is 0 Å². The number of hydrogen-bond acceptors (Lipinski definition) is 7. The van der Waals surface area contributed by atoms with Crippen LogP contribution in [0.4, 0.5) is 0 Å². The minimum Gasteiger partial charge on any atom is -0.394 e. The standard InChI is InChI=1S/C7H14O7/c8-1-2(9)6-4(11)3(10)5(12)7(13)14-6/h2-13H,1H2/t2?,3-,4-,5+,6+,7?/m0/s1. The summed E-state index contributed by atoms with van der Waals surface area (Å²) < 4.78 is 4.62. The Morgan fingerprint density at radius 3 is 2.07 bits per heavy atom. The Bertz CT molecular complexity index is 187. The molecule has 1 aliphatic heterocycles. The van der Waals surface area contributed by atoms with E-state index in [1.54, 1.807) is 0 Å². The van der Waals surface area contributed by atoms with Crippen molar-refractivity contribution in [3.63, 3.8) is 0 Å². The van der Waals surface area contributed by atoms with Crippen LogP contribution in [0.25, 0.3) is 0 Å². The van der Waals surface area contributed by atoms with Gasteiger partial charge < -0.3 is 35.4 Å². The van der Waals surface area contributed by atoms with Crippen molar-refractivity contribution < 1.29 is 35.4 Å². The SMILES string of the molecule is OCC(O)[C@H]1OC(O)[C@H](O)[C@@H](O)[C@@H]1O. The first-order valence-electron chi connectivity index (χ1n) is 4.15. The summed E-state index contributed by atoms with van der Waals surface area (Å²) in [5.74, 6) is 0. The summed E-state index contributed by atoms with van der Waals surface area (Å²) >= 11 is 0. The van der Waals surface area contributed by atoms with E-state index in [2.05, 4.69) is 4.74 Å². The van der Waals surface area contributed by atoms with Crippen molar-refractivity contribution in [1.82, 2.24) is 0 Å². The van der Waals surface area contributed by atoms with Gasteiger partial charge in [-0.3, -0.25) is 0 Å². The number of aliphatic hydroxyl groups excluding tert-OH is 6. The van der Waals surface area contributed by atoms with Crippen LogP contribution in [0.3, 0.4) is 0 Å². The van der Waals surface area contributed by atoms with Crippen LogP contribution in [0.1, 0.15) is 0 Å². The zero-order valence-electron chi connectivity index (χ0n) is 7.26. The lowest BCUT2D eigenvalue weighted by molar-refractivity contribution is -0.298. The van der Waals surface area contributed by atoms with Gasteiger partial charge in [0.15, 0.2) is 6.29 Å². The van der Waals surface area contributed by atoms with Gasteiger partial charge in [-0.2, -0.15) is 0 Å². The summed E-state index contributed by atoms with van der Waals surface area (Å²) in [6.45, 7) is -0.683. The van der Waals surface area contributed by atoms with E-state index in [0.717, 1.165) is 0 Å². The van der Waals surface area contributed by atoms with E-state index in [-0.39, 0.29) is 0 Å². The van der Waals surface area contributed by atoms with Gasteiger partial charge >= 0.3 is 0 Å². The summed E-state index contributed by atoms with van der Waals surface area (Å²) in [6.07, 6.45) is -9.26. The molecule has 7 nitrogen and oxygen atoms in total. The number of rotatable bonds is 2. The van der Waals surface area contributed by atoms with Crippen molar-refractivity contribution in [1.29, 1.82) is 0 Å². The third kappa shape index (κ3) is 2.04. The summed E-state index contributed by atoms with van der Waals surface area (Å²) in [7, 11) is 0. The molecule has 0 saturated carbocycles. The first kappa shape index (κ1) is 11.8. The van der Waals surface area contributed by atoms with Crippen LogP contribution in [0.2, 0.25) is 0 Å². The molecular formula is C7H14O7. The summed E-state index contributed by atoms with van der Waals surface area (Å²) in [5, 5.41) is 54.3. The molecule has 1 rings (SSSR count). The molecule has 7 heteroatoms. The zero-order chi connectivity index (χ0) is 10.9. The third-order valence-electron chi connectivity index (χ3n) is 2.19. The maximum atomic E-state index is 9.31. The van der Waals surface area contributed by atoms with Gasteiger partial charge in [-0.1, -0.05) is 0 Å².